The molecule has 2 aliphatic rings. The first-order valence-electron chi connectivity index (χ1n) is 10.2. The summed E-state index contributed by atoms with van der Waals surface area (Å²) in [5, 5.41) is 7.12. The van der Waals surface area contributed by atoms with Gasteiger partial charge in [0.2, 0.25) is 15.9 Å². The summed E-state index contributed by atoms with van der Waals surface area (Å²) in [6.45, 7) is 2.58. The minimum Gasteiger partial charge on any atom is -0.475 e. The number of likely N-dealkylation sites (N-methyl/N-ethyl adjacent to an activating group) is 1. The molecular formula is C21H23F4N3O5S. The topological polar surface area (TPSA) is 100 Å². The lowest BCUT2D eigenvalue weighted by molar-refractivity contribution is -0.192. The maximum Gasteiger partial charge on any atom is 0.490 e. The van der Waals surface area contributed by atoms with Crippen LogP contribution in [0.15, 0.2) is 47.5 Å². The van der Waals surface area contributed by atoms with E-state index in [0.717, 1.165) is 25.2 Å². The number of pyridine rings is 1. The second-order valence-corrected chi connectivity index (χ2v) is 10.1. The summed E-state index contributed by atoms with van der Waals surface area (Å²) in [5.74, 6) is -2.81. The van der Waals surface area contributed by atoms with Crippen molar-refractivity contribution in [3.63, 3.8) is 0 Å². The van der Waals surface area contributed by atoms with E-state index in [1.54, 1.807) is 31.4 Å². The van der Waals surface area contributed by atoms with Crippen LogP contribution in [-0.4, -0.2) is 72.1 Å². The molecule has 1 aromatic carbocycles. The Morgan fingerprint density at radius 3 is 2.32 bits per heavy atom. The summed E-state index contributed by atoms with van der Waals surface area (Å²) in [7, 11) is -2.01. The van der Waals surface area contributed by atoms with Crippen molar-refractivity contribution in [2.75, 3.05) is 26.7 Å². The first-order valence-corrected chi connectivity index (χ1v) is 11.6. The molecule has 8 nitrogen and oxygen atoms in total. The van der Waals surface area contributed by atoms with Gasteiger partial charge in [-0.3, -0.25) is 4.90 Å². The average Bonchev–Trinajstić information content (AvgIpc) is 2.84. The van der Waals surface area contributed by atoms with Crippen molar-refractivity contribution in [2.24, 2.45) is 0 Å². The predicted molar refractivity (Wildman–Crippen MR) is 112 cm³/mol. The molecule has 4 rings (SSSR count). The monoisotopic (exact) mass is 505 g/mol. The fraction of sp³-hybridized carbons (Fsp3) is 0.429. The lowest BCUT2D eigenvalue weighted by Crippen LogP contribution is -2.53. The summed E-state index contributed by atoms with van der Waals surface area (Å²) < 4.78 is 77.9. The Morgan fingerprint density at radius 1 is 1.18 bits per heavy atom. The van der Waals surface area contributed by atoms with Gasteiger partial charge in [0.25, 0.3) is 0 Å². The van der Waals surface area contributed by atoms with E-state index in [4.69, 9.17) is 14.6 Å². The Balaban J connectivity index is 0.000000406. The zero-order valence-electron chi connectivity index (χ0n) is 18.1. The first kappa shape index (κ1) is 25.8. The molecule has 1 N–H and O–H groups in total. The van der Waals surface area contributed by atoms with E-state index in [9.17, 15) is 26.0 Å². The van der Waals surface area contributed by atoms with Crippen molar-refractivity contribution < 1.29 is 40.6 Å². The van der Waals surface area contributed by atoms with Crippen LogP contribution in [0.4, 0.5) is 17.6 Å². The van der Waals surface area contributed by atoms with E-state index in [2.05, 4.69) is 9.88 Å². The number of carboxylic acids is 1. The van der Waals surface area contributed by atoms with E-state index in [0.29, 0.717) is 19.4 Å². The lowest BCUT2D eigenvalue weighted by atomic mass is 9.90. The van der Waals surface area contributed by atoms with Gasteiger partial charge in [-0.2, -0.15) is 17.5 Å². The van der Waals surface area contributed by atoms with Gasteiger partial charge in [-0.05, 0) is 29.8 Å². The SMILES string of the molecule is CN1CC2(CCN(Cc3ccc(F)cc3)CC2)Oc2ncccc2S1(=O)=O.O=C(O)C(F)(F)F. The molecule has 0 aliphatic carbocycles. The number of aromatic nitrogens is 1. The number of carbonyl (C=O) groups is 1. The fourth-order valence-corrected chi connectivity index (χ4v) is 5.08. The van der Waals surface area contributed by atoms with Gasteiger partial charge in [-0.15, -0.1) is 0 Å². The van der Waals surface area contributed by atoms with Crippen LogP contribution in [0.2, 0.25) is 0 Å². The third-order valence-corrected chi connectivity index (χ3v) is 7.39. The average molecular weight is 505 g/mol. The van der Waals surface area contributed by atoms with E-state index in [1.165, 1.54) is 22.5 Å². The van der Waals surface area contributed by atoms with Crippen molar-refractivity contribution in [2.45, 2.75) is 36.1 Å². The fourth-order valence-electron chi connectivity index (χ4n) is 3.77. The zero-order chi connectivity index (χ0) is 25.1. The molecule has 1 spiro atoms. The number of fused-ring (bicyclic) bond motifs is 1. The Kier molecular flexibility index (Phi) is 7.48. The van der Waals surface area contributed by atoms with E-state index in [1.807, 2.05) is 0 Å². The quantitative estimate of drug-likeness (QED) is 0.627. The molecular weight excluding hydrogens is 482 g/mol. The van der Waals surface area contributed by atoms with Crippen molar-refractivity contribution in [1.82, 2.24) is 14.2 Å². The van der Waals surface area contributed by atoms with Crippen LogP contribution < -0.4 is 4.74 Å². The van der Waals surface area contributed by atoms with Crippen LogP contribution in [0, 0.1) is 5.82 Å². The summed E-state index contributed by atoms with van der Waals surface area (Å²) in [6.07, 6.45) is -2.13. The van der Waals surface area contributed by atoms with Gasteiger partial charge < -0.3 is 9.84 Å². The highest BCUT2D eigenvalue weighted by atomic mass is 32.2. The molecule has 186 valence electrons. The summed E-state index contributed by atoms with van der Waals surface area (Å²) in [6, 6.07) is 9.67. The van der Waals surface area contributed by atoms with Crippen LogP contribution in [0.3, 0.4) is 0 Å². The Bertz CT molecular complexity index is 1120. The van der Waals surface area contributed by atoms with Crippen LogP contribution in [0.5, 0.6) is 5.88 Å². The molecule has 1 aromatic heterocycles. The summed E-state index contributed by atoms with van der Waals surface area (Å²) in [4.78, 5) is 15.5. The highest BCUT2D eigenvalue weighted by Crippen LogP contribution is 2.37. The highest BCUT2D eigenvalue weighted by molar-refractivity contribution is 7.89. The molecule has 34 heavy (non-hydrogen) atoms. The van der Waals surface area contributed by atoms with Gasteiger partial charge in [0.05, 0.1) is 6.54 Å². The number of piperidine rings is 1. The third-order valence-electron chi connectivity index (χ3n) is 5.58. The van der Waals surface area contributed by atoms with Gasteiger partial charge >= 0.3 is 12.1 Å². The molecule has 0 radical (unpaired) electrons. The molecule has 0 unspecified atom stereocenters. The lowest BCUT2D eigenvalue weighted by Gasteiger charge is -2.41. The smallest absolute Gasteiger partial charge is 0.475 e. The number of hydrogen-bond donors (Lipinski definition) is 1. The van der Waals surface area contributed by atoms with Crippen molar-refractivity contribution in [3.05, 3.63) is 54.0 Å². The number of sulfonamides is 1. The standard InChI is InChI=1S/C19H22FN3O3S.C2HF3O2/c1-22-14-19(26-18-17(27(22,24)25)3-2-10-21-18)8-11-23(12-9-19)13-15-4-6-16(20)7-5-15;3-2(4,5)1(6)7/h2-7,10H,8-9,11-14H2,1H3;(H,6,7). The van der Waals surface area contributed by atoms with Gasteiger partial charge in [-0.1, -0.05) is 12.1 Å². The Hall–Kier alpha value is -2.77. The van der Waals surface area contributed by atoms with E-state index >= 15 is 0 Å². The number of rotatable bonds is 2. The summed E-state index contributed by atoms with van der Waals surface area (Å²) in [5.41, 5.74) is 0.474. The van der Waals surface area contributed by atoms with Crippen molar-refractivity contribution in [1.29, 1.82) is 0 Å². The van der Waals surface area contributed by atoms with Crippen molar-refractivity contribution in [3.8, 4) is 5.88 Å². The maximum absolute atomic E-state index is 13.1. The number of carboxylic acid groups (broad SMARTS) is 1. The van der Waals surface area contributed by atoms with Crippen LogP contribution in [0.25, 0.3) is 0 Å². The largest absolute Gasteiger partial charge is 0.490 e. The molecule has 0 amide bonds. The van der Waals surface area contributed by atoms with Crippen LogP contribution in [-0.2, 0) is 21.4 Å². The molecule has 2 aromatic rings. The van der Waals surface area contributed by atoms with E-state index in [-0.39, 0.29) is 16.6 Å². The van der Waals surface area contributed by atoms with Gasteiger partial charge in [0.15, 0.2) is 0 Å². The molecule has 1 fully saturated rings. The predicted octanol–water partition coefficient (Wildman–Crippen LogP) is 2.90. The Labute approximate surface area is 193 Å². The Morgan fingerprint density at radius 2 is 1.76 bits per heavy atom. The molecule has 2 aliphatic heterocycles. The number of halogens is 4. The van der Waals surface area contributed by atoms with Gasteiger partial charge in [0.1, 0.15) is 16.3 Å². The maximum atomic E-state index is 13.1. The van der Waals surface area contributed by atoms with Crippen LogP contribution in [0.1, 0.15) is 18.4 Å². The molecule has 0 saturated carbocycles. The third kappa shape index (κ3) is 6.02. The van der Waals surface area contributed by atoms with Crippen molar-refractivity contribution >= 4 is 16.0 Å². The number of benzene rings is 1. The highest BCUT2D eigenvalue weighted by Gasteiger charge is 2.44. The second kappa shape index (κ2) is 9.84. The summed E-state index contributed by atoms with van der Waals surface area (Å²) >= 11 is 0. The minimum absolute atomic E-state index is 0.123. The molecule has 0 atom stereocenters. The minimum atomic E-state index is -5.08. The van der Waals surface area contributed by atoms with E-state index < -0.39 is 27.8 Å². The number of ether oxygens (including phenoxy) is 1. The molecule has 1 saturated heterocycles. The molecule has 3 heterocycles. The molecule has 13 heteroatoms. The normalized spacial score (nSPS) is 19.8. The number of nitrogens with zero attached hydrogens (tertiary/aromatic N) is 3. The number of alkyl halides is 3. The van der Waals surface area contributed by atoms with Crippen LogP contribution >= 0.6 is 0 Å². The molecule has 0 bridgehead atoms. The first-order chi connectivity index (χ1) is 15.8. The zero-order valence-corrected chi connectivity index (χ0v) is 18.9. The number of aliphatic carboxylic acids is 1. The van der Waals surface area contributed by atoms with Gasteiger partial charge in [0, 0.05) is 45.7 Å². The second-order valence-electron chi connectivity index (χ2n) is 8.06. The number of likely N-dealkylation sites (tertiary alicyclic amines) is 1. The number of hydrogen-bond acceptors (Lipinski definition) is 6. The van der Waals surface area contributed by atoms with Gasteiger partial charge in [-0.25, -0.2) is 22.6 Å².